The molecule has 1 rings (SSSR count). The predicted octanol–water partition coefficient (Wildman–Crippen LogP) is 1.30. The summed E-state index contributed by atoms with van der Waals surface area (Å²) in [7, 11) is 0. The van der Waals surface area contributed by atoms with Crippen LogP contribution in [-0.4, -0.2) is 22.6 Å². The van der Waals surface area contributed by atoms with Crippen molar-refractivity contribution >= 4 is 5.78 Å². The average Bonchev–Trinajstić information content (AvgIpc) is 2.17. The molecule has 74 valence electrons. The molecule has 0 aliphatic rings. The fourth-order valence-corrected chi connectivity index (χ4v) is 1.26. The SMILES string of the molecule is C=CCc1cc(O)ccc1C(=O)CO. The summed E-state index contributed by atoms with van der Waals surface area (Å²) in [5, 5.41) is 17.9. The highest BCUT2D eigenvalue weighted by atomic mass is 16.3. The van der Waals surface area contributed by atoms with Crippen molar-refractivity contribution in [3.63, 3.8) is 0 Å². The van der Waals surface area contributed by atoms with E-state index in [4.69, 9.17) is 5.11 Å². The molecular formula is C11H12O3. The molecule has 0 heterocycles. The van der Waals surface area contributed by atoms with E-state index in [1.54, 1.807) is 6.08 Å². The van der Waals surface area contributed by atoms with Gasteiger partial charge in [-0.1, -0.05) is 6.08 Å². The summed E-state index contributed by atoms with van der Waals surface area (Å²) in [4.78, 5) is 11.3. The first-order valence-corrected chi connectivity index (χ1v) is 4.26. The summed E-state index contributed by atoms with van der Waals surface area (Å²) in [6.45, 7) is 3.04. The van der Waals surface area contributed by atoms with E-state index in [9.17, 15) is 9.90 Å². The van der Waals surface area contributed by atoms with Crippen LogP contribution >= 0.6 is 0 Å². The van der Waals surface area contributed by atoms with Gasteiger partial charge in [0.2, 0.25) is 0 Å². The monoisotopic (exact) mass is 192 g/mol. The van der Waals surface area contributed by atoms with Crippen molar-refractivity contribution in [1.82, 2.24) is 0 Å². The Hall–Kier alpha value is -1.61. The third-order valence-corrected chi connectivity index (χ3v) is 1.90. The summed E-state index contributed by atoms with van der Waals surface area (Å²) in [6, 6.07) is 4.44. The Morgan fingerprint density at radius 3 is 2.79 bits per heavy atom. The van der Waals surface area contributed by atoms with Gasteiger partial charge in [-0.2, -0.15) is 0 Å². The van der Waals surface area contributed by atoms with Crippen LogP contribution in [0.5, 0.6) is 5.75 Å². The molecular weight excluding hydrogens is 180 g/mol. The number of benzene rings is 1. The van der Waals surface area contributed by atoms with Crippen LogP contribution in [0.3, 0.4) is 0 Å². The quantitative estimate of drug-likeness (QED) is 0.558. The second-order valence-corrected chi connectivity index (χ2v) is 2.92. The first-order valence-electron chi connectivity index (χ1n) is 4.26. The van der Waals surface area contributed by atoms with Gasteiger partial charge < -0.3 is 10.2 Å². The highest BCUT2D eigenvalue weighted by molar-refractivity contribution is 5.98. The fourth-order valence-electron chi connectivity index (χ4n) is 1.26. The number of rotatable bonds is 4. The fraction of sp³-hybridized carbons (Fsp3) is 0.182. The van der Waals surface area contributed by atoms with Gasteiger partial charge in [-0.3, -0.25) is 4.79 Å². The number of ketones is 1. The molecule has 0 aliphatic heterocycles. The zero-order valence-electron chi connectivity index (χ0n) is 7.73. The van der Waals surface area contributed by atoms with Crippen LogP contribution in [-0.2, 0) is 6.42 Å². The molecule has 0 bridgehead atoms. The number of allylic oxidation sites excluding steroid dienone is 1. The van der Waals surface area contributed by atoms with Gasteiger partial charge in [-0.25, -0.2) is 0 Å². The lowest BCUT2D eigenvalue weighted by atomic mass is 10.0. The minimum atomic E-state index is -0.519. The Morgan fingerprint density at radius 1 is 1.50 bits per heavy atom. The third kappa shape index (κ3) is 2.20. The smallest absolute Gasteiger partial charge is 0.188 e. The molecule has 0 atom stereocenters. The molecule has 0 aliphatic carbocycles. The Balaban J connectivity index is 3.13. The molecule has 3 heteroatoms. The van der Waals surface area contributed by atoms with Crippen LogP contribution in [0.1, 0.15) is 15.9 Å². The maximum Gasteiger partial charge on any atom is 0.188 e. The lowest BCUT2D eigenvalue weighted by molar-refractivity contribution is 0.0903. The number of phenolic OH excluding ortho intramolecular Hbond substituents is 1. The molecule has 0 saturated carbocycles. The van der Waals surface area contributed by atoms with E-state index in [0.717, 1.165) is 0 Å². The van der Waals surface area contributed by atoms with Crippen molar-refractivity contribution in [3.8, 4) is 5.75 Å². The maximum atomic E-state index is 11.3. The van der Waals surface area contributed by atoms with E-state index in [2.05, 4.69) is 6.58 Å². The zero-order valence-corrected chi connectivity index (χ0v) is 7.73. The molecule has 0 fully saturated rings. The van der Waals surface area contributed by atoms with Crippen molar-refractivity contribution in [2.75, 3.05) is 6.61 Å². The van der Waals surface area contributed by atoms with E-state index in [1.165, 1.54) is 18.2 Å². The highest BCUT2D eigenvalue weighted by Crippen LogP contribution is 2.17. The Morgan fingerprint density at radius 2 is 2.21 bits per heavy atom. The molecule has 0 radical (unpaired) electrons. The minimum Gasteiger partial charge on any atom is -0.508 e. The number of aliphatic hydroxyl groups excluding tert-OH is 1. The van der Waals surface area contributed by atoms with Crippen LogP contribution in [0.4, 0.5) is 0 Å². The molecule has 0 amide bonds. The van der Waals surface area contributed by atoms with E-state index >= 15 is 0 Å². The topological polar surface area (TPSA) is 57.5 Å². The lowest BCUT2D eigenvalue weighted by Crippen LogP contribution is -2.07. The molecule has 0 aromatic heterocycles. The number of aromatic hydroxyl groups is 1. The normalized spacial score (nSPS) is 9.79. The number of carbonyl (C=O) groups excluding carboxylic acids is 1. The Bertz CT molecular complexity index is 356. The zero-order chi connectivity index (χ0) is 10.6. The van der Waals surface area contributed by atoms with Crippen LogP contribution in [0, 0.1) is 0 Å². The minimum absolute atomic E-state index is 0.108. The van der Waals surface area contributed by atoms with Gasteiger partial charge in [0.25, 0.3) is 0 Å². The van der Waals surface area contributed by atoms with Gasteiger partial charge >= 0.3 is 0 Å². The van der Waals surface area contributed by atoms with Crippen molar-refractivity contribution in [3.05, 3.63) is 42.0 Å². The number of carbonyl (C=O) groups is 1. The van der Waals surface area contributed by atoms with E-state index < -0.39 is 6.61 Å². The average molecular weight is 192 g/mol. The molecule has 1 aromatic carbocycles. The van der Waals surface area contributed by atoms with Gasteiger partial charge in [-0.05, 0) is 30.2 Å². The number of Topliss-reactive ketones (excluding diaryl/α,β-unsaturated/α-hetero) is 1. The second-order valence-electron chi connectivity index (χ2n) is 2.92. The molecule has 2 N–H and O–H groups in total. The molecule has 14 heavy (non-hydrogen) atoms. The molecule has 0 unspecified atom stereocenters. The lowest BCUT2D eigenvalue weighted by Gasteiger charge is -2.05. The summed E-state index contributed by atoms with van der Waals surface area (Å²) in [6.07, 6.45) is 2.14. The predicted molar refractivity (Wildman–Crippen MR) is 53.4 cm³/mol. The molecule has 0 saturated heterocycles. The molecule has 0 spiro atoms. The van der Waals surface area contributed by atoms with Gasteiger partial charge in [-0.15, -0.1) is 6.58 Å². The highest BCUT2D eigenvalue weighted by Gasteiger charge is 2.09. The Kier molecular flexibility index (Phi) is 3.42. The van der Waals surface area contributed by atoms with Crippen molar-refractivity contribution in [1.29, 1.82) is 0 Å². The second kappa shape index (κ2) is 4.58. The molecule has 3 nitrogen and oxygen atoms in total. The number of hydrogen-bond donors (Lipinski definition) is 2. The van der Waals surface area contributed by atoms with E-state index in [-0.39, 0.29) is 11.5 Å². The standard InChI is InChI=1S/C11H12O3/c1-2-3-8-6-9(13)4-5-10(8)11(14)7-12/h2,4-6,12-13H,1,3,7H2. The van der Waals surface area contributed by atoms with Gasteiger partial charge in [0.15, 0.2) is 5.78 Å². The number of hydrogen-bond acceptors (Lipinski definition) is 3. The first kappa shape index (κ1) is 10.5. The number of aliphatic hydroxyl groups is 1. The van der Waals surface area contributed by atoms with Crippen LogP contribution in [0.2, 0.25) is 0 Å². The van der Waals surface area contributed by atoms with E-state index in [0.29, 0.717) is 17.5 Å². The maximum absolute atomic E-state index is 11.3. The first-order chi connectivity index (χ1) is 6.69. The molecule has 1 aromatic rings. The van der Waals surface area contributed by atoms with Crippen LogP contribution < -0.4 is 0 Å². The third-order valence-electron chi connectivity index (χ3n) is 1.90. The largest absolute Gasteiger partial charge is 0.508 e. The number of phenols is 1. The summed E-state index contributed by atoms with van der Waals surface area (Å²) >= 11 is 0. The van der Waals surface area contributed by atoms with Gasteiger partial charge in [0, 0.05) is 5.56 Å². The Labute approximate surface area is 82.3 Å². The van der Waals surface area contributed by atoms with Crippen molar-refractivity contribution in [2.24, 2.45) is 0 Å². The van der Waals surface area contributed by atoms with E-state index in [1.807, 2.05) is 0 Å². The van der Waals surface area contributed by atoms with Crippen molar-refractivity contribution in [2.45, 2.75) is 6.42 Å². The van der Waals surface area contributed by atoms with Gasteiger partial charge in [0.05, 0.1) is 0 Å². The van der Waals surface area contributed by atoms with Gasteiger partial charge in [0.1, 0.15) is 12.4 Å². The summed E-state index contributed by atoms with van der Waals surface area (Å²) in [5.74, 6) is -0.238. The van der Waals surface area contributed by atoms with Crippen LogP contribution in [0.15, 0.2) is 30.9 Å². The van der Waals surface area contributed by atoms with Crippen LogP contribution in [0.25, 0.3) is 0 Å². The summed E-state index contributed by atoms with van der Waals surface area (Å²) in [5.41, 5.74) is 1.12. The summed E-state index contributed by atoms with van der Waals surface area (Å²) < 4.78 is 0. The van der Waals surface area contributed by atoms with Crippen molar-refractivity contribution < 1.29 is 15.0 Å².